The van der Waals surface area contributed by atoms with Crippen molar-refractivity contribution in [3.63, 3.8) is 0 Å². The van der Waals surface area contributed by atoms with Crippen molar-refractivity contribution < 1.29 is 0 Å². The van der Waals surface area contributed by atoms with Crippen molar-refractivity contribution in [2.24, 2.45) is 0 Å². The van der Waals surface area contributed by atoms with Gasteiger partial charge in [0.2, 0.25) is 0 Å². The van der Waals surface area contributed by atoms with Crippen LogP contribution in [0, 0.1) is 0 Å². The maximum atomic E-state index is 2.53. The van der Waals surface area contributed by atoms with Crippen LogP contribution in [0.4, 0.5) is 0 Å². The van der Waals surface area contributed by atoms with E-state index in [1.165, 1.54) is 22.3 Å². The van der Waals surface area contributed by atoms with Crippen molar-refractivity contribution in [3.8, 4) is 0 Å². The van der Waals surface area contributed by atoms with Gasteiger partial charge >= 0.3 is 0 Å². The average Bonchev–Trinajstić information content (AvgIpc) is 2.98. The fourth-order valence-electron chi connectivity index (χ4n) is 7.34. The summed E-state index contributed by atoms with van der Waals surface area (Å²) in [5, 5.41) is 0. The van der Waals surface area contributed by atoms with Crippen molar-refractivity contribution in [2.75, 3.05) is 0 Å². The van der Waals surface area contributed by atoms with Gasteiger partial charge in [0.05, 0.1) is 0 Å². The molecule has 0 aliphatic rings. The minimum Gasteiger partial charge on any atom is -0.0645 e. The second-order valence-corrected chi connectivity index (χ2v) is 12.9. The van der Waals surface area contributed by atoms with E-state index in [9.17, 15) is 0 Å². The standard InChI is InChI=1S/C39H48/c1-7-36(3,32-21-13-9-14-22-32)29-38(5,34-25-17-11-18-26-34)31-39(6,35-27-19-12-20-28-35)30-37(4,8-2)33-23-15-10-16-24-33/h9-28H,7-8,29-31H2,1-6H3. The molecular weight excluding hydrogens is 468 g/mol. The lowest BCUT2D eigenvalue weighted by molar-refractivity contribution is 0.197. The Morgan fingerprint density at radius 3 is 0.769 bits per heavy atom. The highest BCUT2D eigenvalue weighted by Crippen LogP contribution is 2.51. The van der Waals surface area contributed by atoms with Crippen LogP contribution in [0.3, 0.4) is 0 Å². The third-order valence-electron chi connectivity index (χ3n) is 9.78. The summed E-state index contributed by atoms with van der Waals surface area (Å²) in [6.45, 7) is 14.7. The molecule has 39 heavy (non-hydrogen) atoms. The van der Waals surface area contributed by atoms with Gasteiger partial charge in [0.25, 0.3) is 0 Å². The summed E-state index contributed by atoms with van der Waals surface area (Å²) in [5.74, 6) is 0. The summed E-state index contributed by atoms with van der Waals surface area (Å²) < 4.78 is 0. The first-order chi connectivity index (χ1) is 18.7. The Labute approximate surface area is 238 Å². The summed E-state index contributed by atoms with van der Waals surface area (Å²) in [4.78, 5) is 0. The van der Waals surface area contributed by atoms with E-state index < -0.39 is 0 Å². The Balaban J connectivity index is 1.84. The Morgan fingerprint density at radius 1 is 0.333 bits per heavy atom. The molecule has 4 unspecified atom stereocenters. The quantitative estimate of drug-likeness (QED) is 0.176. The third kappa shape index (κ3) is 6.38. The smallest absolute Gasteiger partial charge is 0.00585 e. The summed E-state index contributed by atoms with van der Waals surface area (Å²) in [6.07, 6.45) is 5.50. The summed E-state index contributed by atoms with van der Waals surface area (Å²) in [6, 6.07) is 45.0. The van der Waals surface area contributed by atoms with Gasteiger partial charge in [-0.2, -0.15) is 0 Å². The highest BCUT2D eigenvalue weighted by Gasteiger charge is 2.45. The lowest BCUT2D eigenvalue weighted by atomic mass is 9.56. The van der Waals surface area contributed by atoms with Crippen LogP contribution in [0.15, 0.2) is 121 Å². The van der Waals surface area contributed by atoms with Gasteiger partial charge in [0.15, 0.2) is 0 Å². The van der Waals surface area contributed by atoms with Crippen LogP contribution in [-0.2, 0) is 21.7 Å². The topological polar surface area (TPSA) is 0 Å². The molecule has 0 radical (unpaired) electrons. The van der Waals surface area contributed by atoms with Crippen molar-refractivity contribution in [2.45, 2.75) is 95.3 Å². The molecule has 0 N–H and O–H groups in total. The van der Waals surface area contributed by atoms with Crippen LogP contribution in [0.1, 0.15) is 95.9 Å². The van der Waals surface area contributed by atoms with E-state index in [1.54, 1.807) is 0 Å². The van der Waals surface area contributed by atoms with Gasteiger partial charge in [-0.1, -0.05) is 163 Å². The molecule has 0 heteroatoms. The van der Waals surface area contributed by atoms with E-state index in [1.807, 2.05) is 0 Å². The average molecular weight is 517 g/mol. The zero-order chi connectivity index (χ0) is 28.0. The monoisotopic (exact) mass is 516 g/mol. The number of hydrogen-bond donors (Lipinski definition) is 0. The fraction of sp³-hybridized carbons (Fsp3) is 0.385. The van der Waals surface area contributed by atoms with Gasteiger partial charge in [0, 0.05) is 0 Å². The number of hydrogen-bond acceptors (Lipinski definition) is 0. The minimum absolute atomic E-state index is 0.0161. The first kappa shape index (κ1) is 28.9. The van der Waals surface area contributed by atoms with Crippen molar-refractivity contribution in [1.29, 1.82) is 0 Å². The minimum atomic E-state index is -0.0161. The highest BCUT2D eigenvalue weighted by atomic mass is 14.5. The largest absolute Gasteiger partial charge is 0.0645 e. The molecule has 0 bridgehead atoms. The summed E-state index contributed by atoms with van der Waals surface area (Å²) in [5.41, 5.74) is 5.91. The Morgan fingerprint density at radius 2 is 0.538 bits per heavy atom. The normalized spacial score (nSPS) is 17.8. The zero-order valence-electron chi connectivity index (χ0n) is 25.1. The molecule has 4 aromatic carbocycles. The van der Waals surface area contributed by atoms with Crippen LogP contribution in [0.2, 0.25) is 0 Å². The molecule has 0 amide bonds. The van der Waals surface area contributed by atoms with Crippen LogP contribution in [0.5, 0.6) is 0 Å². The molecule has 4 rings (SSSR count). The Hall–Kier alpha value is -3.12. The Bertz CT molecular complexity index is 1180. The van der Waals surface area contributed by atoms with E-state index in [4.69, 9.17) is 0 Å². The van der Waals surface area contributed by atoms with Crippen molar-refractivity contribution in [3.05, 3.63) is 144 Å². The maximum absolute atomic E-state index is 2.53. The molecule has 204 valence electrons. The van der Waals surface area contributed by atoms with Crippen LogP contribution in [0.25, 0.3) is 0 Å². The van der Waals surface area contributed by atoms with Crippen LogP contribution >= 0.6 is 0 Å². The van der Waals surface area contributed by atoms with Gasteiger partial charge < -0.3 is 0 Å². The molecule has 0 aliphatic heterocycles. The summed E-state index contributed by atoms with van der Waals surface area (Å²) >= 11 is 0. The first-order valence-corrected chi connectivity index (χ1v) is 14.9. The van der Waals surface area contributed by atoms with Crippen molar-refractivity contribution >= 4 is 0 Å². The fourth-order valence-corrected chi connectivity index (χ4v) is 7.34. The van der Waals surface area contributed by atoms with E-state index in [0.29, 0.717) is 0 Å². The van der Waals surface area contributed by atoms with Gasteiger partial charge in [-0.25, -0.2) is 0 Å². The molecule has 0 fully saturated rings. The summed E-state index contributed by atoms with van der Waals surface area (Å²) in [7, 11) is 0. The first-order valence-electron chi connectivity index (χ1n) is 14.9. The molecule has 0 aromatic heterocycles. The predicted octanol–water partition coefficient (Wildman–Crippen LogP) is 10.8. The third-order valence-corrected chi connectivity index (χ3v) is 9.78. The van der Waals surface area contributed by atoms with E-state index in [2.05, 4.69) is 163 Å². The second-order valence-electron chi connectivity index (χ2n) is 12.9. The Kier molecular flexibility index (Phi) is 8.85. The van der Waals surface area contributed by atoms with Crippen LogP contribution < -0.4 is 0 Å². The SMILES string of the molecule is CCC(C)(CC(C)(CC(C)(CC(C)(CC)c1ccccc1)c1ccccc1)c1ccccc1)c1ccccc1. The molecule has 0 spiro atoms. The van der Waals surface area contributed by atoms with Gasteiger partial charge in [-0.05, 0) is 76.0 Å². The zero-order valence-corrected chi connectivity index (χ0v) is 25.1. The molecule has 4 atom stereocenters. The molecule has 0 saturated heterocycles. The molecule has 4 aromatic rings. The maximum Gasteiger partial charge on any atom is -0.00585 e. The van der Waals surface area contributed by atoms with Gasteiger partial charge in [0.1, 0.15) is 0 Å². The van der Waals surface area contributed by atoms with Gasteiger partial charge in [-0.15, -0.1) is 0 Å². The van der Waals surface area contributed by atoms with Gasteiger partial charge in [-0.3, -0.25) is 0 Å². The molecular formula is C39H48. The van der Waals surface area contributed by atoms with E-state index in [0.717, 1.165) is 32.1 Å². The molecule has 0 aliphatic carbocycles. The van der Waals surface area contributed by atoms with Crippen LogP contribution in [-0.4, -0.2) is 0 Å². The highest BCUT2D eigenvalue weighted by molar-refractivity contribution is 5.35. The van der Waals surface area contributed by atoms with E-state index >= 15 is 0 Å². The lowest BCUT2D eigenvalue weighted by Gasteiger charge is -2.48. The number of rotatable bonds is 12. The molecule has 0 saturated carbocycles. The molecule has 0 nitrogen and oxygen atoms in total. The van der Waals surface area contributed by atoms with Crippen molar-refractivity contribution in [1.82, 2.24) is 0 Å². The lowest BCUT2D eigenvalue weighted by Crippen LogP contribution is -2.42. The number of benzene rings is 4. The molecule has 0 heterocycles. The second kappa shape index (κ2) is 12.0. The predicted molar refractivity (Wildman–Crippen MR) is 170 cm³/mol. The van der Waals surface area contributed by atoms with E-state index in [-0.39, 0.29) is 21.7 Å².